The van der Waals surface area contributed by atoms with Crippen LogP contribution in [0.25, 0.3) is 0 Å². The minimum atomic E-state index is -0.917. The van der Waals surface area contributed by atoms with Crippen LogP contribution < -0.4 is 10.1 Å². The molecule has 1 N–H and O–H groups in total. The van der Waals surface area contributed by atoms with Crippen molar-refractivity contribution in [1.82, 2.24) is 0 Å². The highest BCUT2D eigenvalue weighted by molar-refractivity contribution is 6.31. The Kier molecular flexibility index (Phi) is 7.04. The molecular formula is C20H22ClNO4. The van der Waals surface area contributed by atoms with E-state index in [2.05, 4.69) is 5.32 Å². The first kappa shape index (κ1) is 19.8. The maximum absolute atomic E-state index is 12.2. The fourth-order valence-corrected chi connectivity index (χ4v) is 2.40. The van der Waals surface area contributed by atoms with Crippen molar-refractivity contribution in [2.75, 3.05) is 11.9 Å². The maximum atomic E-state index is 12.2. The molecule has 0 aromatic heterocycles. The van der Waals surface area contributed by atoms with Gasteiger partial charge in [-0.05, 0) is 56.2 Å². The predicted octanol–water partition coefficient (Wildman–Crippen LogP) is 4.30. The number of carbonyl (C=O) groups excluding carboxylic acids is 2. The van der Waals surface area contributed by atoms with E-state index >= 15 is 0 Å². The second-order valence-corrected chi connectivity index (χ2v) is 6.43. The molecule has 0 saturated carbocycles. The highest BCUT2D eigenvalue weighted by Gasteiger charge is 2.18. The predicted molar refractivity (Wildman–Crippen MR) is 102 cm³/mol. The number of esters is 1. The molecular weight excluding hydrogens is 354 g/mol. The Labute approximate surface area is 158 Å². The molecule has 1 amide bonds. The van der Waals surface area contributed by atoms with E-state index in [1.54, 1.807) is 18.2 Å². The average Bonchev–Trinajstić information content (AvgIpc) is 2.58. The zero-order valence-electron chi connectivity index (χ0n) is 15.0. The molecule has 0 fully saturated rings. The minimum Gasteiger partial charge on any atom is -0.493 e. The van der Waals surface area contributed by atoms with E-state index in [1.165, 1.54) is 6.92 Å². The summed E-state index contributed by atoms with van der Waals surface area (Å²) in [4.78, 5) is 24.1. The SMILES string of the molecule is Cc1cccc(OCCC(=O)O[C@@H](C)C(=O)Nc2cc(Cl)ccc2C)c1. The van der Waals surface area contributed by atoms with Gasteiger partial charge in [0.2, 0.25) is 0 Å². The molecule has 0 aliphatic rings. The lowest BCUT2D eigenvalue weighted by atomic mass is 10.2. The van der Waals surface area contributed by atoms with Gasteiger partial charge in [0.1, 0.15) is 5.75 Å². The van der Waals surface area contributed by atoms with Crippen molar-refractivity contribution in [2.45, 2.75) is 33.3 Å². The third-order valence-corrected chi connectivity index (χ3v) is 3.93. The third-order valence-electron chi connectivity index (χ3n) is 3.70. The number of anilines is 1. The fraction of sp³-hybridized carbons (Fsp3) is 0.300. The van der Waals surface area contributed by atoms with Crippen LogP contribution in [0, 0.1) is 13.8 Å². The van der Waals surface area contributed by atoms with Gasteiger partial charge in [-0.25, -0.2) is 0 Å². The average molecular weight is 376 g/mol. The number of benzene rings is 2. The lowest BCUT2D eigenvalue weighted by Gasteiger charge is -2.15. The number of hydrogen-bond acceptors (Lipinski definition) is 4. The molecule has 0 radical (unpaired) electrons. The van der Waals surface area contributed by atoms with Crippen molar-refractivity contribution in [2.24, 2.45) is 0 Å². The molecule has 0 aliphatic carbocycles. The molecule has 26 heavy (non-hydrogen) atoms. The Balaban J connectivity index is 1.78. The van der Waals surface area contributed by atoms with E-state index in [-0.39, 0.29) is 13.0 Å². The van der Waals surface area contributed by atoms with E-state index in [0.29, 0.717) is 16.5 Å². The third kappa shape index (κ3) is 6.08. The summed E-state index contributed by atoms with van der Waals surface area (Å²) in [5.74, 6) is -0.216. The van der Waals surface area contributed by atoms with Gasteiger partial charge in [0.05, 0.1) is 13.0 Å². The Morgan fingerprint density at radius 2 is 1.92 bits per heavy atom. The van der Waals surface area contributed by atoms with Gasteiger partial charge in [-0.1, -0.05) is 29.8 Å². The summed E-state index contributed by atoms with van der Waals surface area (Å²) in [5.41, 5.74) is 2.53. The summed E-state index contributed by atoms with van der Waals surface area (Å²) in [6.07, 6.45) is -0.860. The van der Waals surface area contributed by atoms with Crippen molar-refractivity contribution in [3.8, 4) is 5.75 Å². The summed E-state index contributed by atoms with van der Waals surface area (Å²) in [6.45, 7) is 5.52. The fourth-order valence-electron chi connectivity index (χ4n) is 2.23. The summed E-state index contributed by atoms with van der Waals surface area (Å²) in [6, 6.07) is 12.7. The van der Waals surface area contributed by atoms with Gasteiger partial charge >= 0.3 is 5.97 Å². The Morgan fingerprint density at radius 3 is 2.65 bits per heavy atom. The van der Waals surface area contributed by atoms with Gasteiger partial charge in [-0.2, -0.15) is 0 Å². The van der Waals surface area contributed by atoms with Crippen LogP contribution in [-0.4, -0.2) is 24.6 Å². The van der Waals surface area contributed by atoms with Crippen molar-refractivity contribution >= 4 is 29.2 Å². The standard InChI is InChI=1S/C20H22ClNO4/c1-13-5-4-6-17(11-13)25-10-9-19(23)26-15(3)20(24)22-18-12-16(21)8-7-14(18)2/h4-8,11-12,15H,9-10H2,1-3H3,(H,22,24)/t15-/m0/s1. The second kappa shape index (κ2) is 9.25. The van der Waals surface area contributed by atoms with Crippen LogP contribution in [0.4, 0.5) is 5.69 Å². The summed E-state index contributed by atoms with van der Waals surface area (Å²) >= 11 is 5.93. The molecule has 2 aromatic rings. The van der Waals surface area contributed by atoms with Crippen molar-refractivity contribution in [3.05, 3.63) is 58.6 Å². The topological polar surface area (TPSA) is 64.6 Å². The number of amides is 1. The van der Waals surface area contributed by atoms with Crippen LogP contribution in [0.1, 0.15) is 24.5 Å². The van der Waals surface area contributed by atoms with Gasteiger partial charge in [-0.3, -0.25) is 9.59 Å². The van der Waals surface area contributed by atoms with Gasteiger partial charge in [0.25, 0.3) is 5.91 Å². The van der Waals surface area contributed by atoms with Crippen LogP contribution in [0.15, 0.2) is 42.5 Å². The van der Waals surface area contributed by atoms with Crippen LogP contribution in [0.3, 0.4) is 0 Å². The first-order valence-corrected chi connectivity index (χ1v) is 8.69. The van der Waals surface area contributed by atoms with Gasteiger partial charge in [0, 0.05) is 10.7 Å². The minimum absolute atomic E-state index is 0.0573. The summed E-state index contributed by atoms with van der Waals surface area (Å²) in [7, 11) is 0. The quantitative estimate of drug-likeness (QED) is 0.733. The molecule has 2 aromatic carbocycles. The van der Waals surface area contributed by atoms with Crippen molar-refractivity contribution in [3.63, 3.8) is 0 Å². The van der Waals surface area contributed by atoms with E-state index in [4.69, 9.17) is 21.1 Å². The van der Waals surface area contributed by atoms with Crippen LogP contribution >= 0.6 is 11.6 Å². The molecule has 0 bridgehead atoms. The Morgan fingerprint density at radius 1 is 1.15 bits per heavy atom. The molecule has 0 heterocycles. The smallest absolute Gasteiger partial charge is 0.310 e. The molecule has 2 rings (SSSR count). The van der Waals surface area contributed by atoms with Gasteiger partial charge in [-0.15, -0.1) is 0 Å². The summed E-state index contributed by atoms with van der Waals surface area (Å²) in [5, 5.41) is 3.23. The first-order valence-electron chi connectivity index (χ1n) is 8.31. The van der Waals surface area contributed by atoms with Crippen molar-refractivity contribution in [1.29, 1.82) is 0 Å². The zero-order chi connectivity index (χ0) is 19.1. The Hall–Kier alpha value is -2.53. The van der Waals surface area contributed by atoms with E-state index in [0.717, 1.165) is 11.1 Å². The normalized spacial score (nSPS) is 11.5. The molecule has 0 unspecified atom stereocenters. The monoisotopic (exact) mass is 375 g/mol. The van der Waals surface area contributed by atoms with E-state index in [9.17, 15) is 9.59 Å². The van der Waals surface area contributed by atoms with Crippen LogP contribution in [-0.2, 0) is 14.3 Å². The summed E-state index contributed by atoms with van der Waals surface area (Å²) < 4.78 is 10.7. The first-order chi connectivity index (χ1) is 12.3. The second-order valence-electron chi connectivity index (χ2n) is 6.00. The molecule has 0 aliphatic heterocycles. The lowest BCUT2D eigenvalue weighted by molar-refractivity contribution is -0.153. The highest BCUT2D eigenvalue weighted by atomic mass is 35.5. The van der Waals surface area contributed by atoms with E-state index < -0.39 is 18.0 Å². The maximum Gasteiger partial charge on any atom is 0.310 e. The number of ether oxygens (including phenoxy) is 2. The number of hydrogen-bond donors (Lipinski definition) is 1. The molecule has 5 nitrogen and oxygen atoms in total. The zero-order valence-corrected chi connectivity index (χ0v) is 15.8. The van der Waals surface area contributed by atoms with Crippen molar-refractivity contribution < 1.29 is 19.1 Å². The van der Waals surface area contributed by atoms with Gasteiger partial charge < -0.3 is 14.8 Å². The largest absolute Gasteiger partial charge is 0.493 e. The molecule has 6 heteroatoms. The molecule has 0 spiro atoms. The number of nitrogens with one attached hydrogen (secondary N) is 1. The number of rotatable bonds is 7. The van der Waals surface area contributed by atoms with Gasteiger partial charge in [0.15, 0.2) is 6.10 Å². The van der Waals surface area contributed by atoms with E-state index in [1.807, 2.05) is 38.1 Å². The van der Waals surface area contributed by atoms with Crippen LogP contribution in [0.5, 0.6) is 5.75 Å². The number of carbonyl (C=O) groups is 2. The Bertz CT molecular complexity index is 791. The lowest BCUT2D eigenvalue weighted by Crippen LogP contribution is -2.30. The molecule has 1 atom stereocenters. The number of halogens is 1. The molecule has 138 valence electrons. The highest BCUT2D eigenvalue weighted by Crippen LogP contribution is 2.20. The molecule has 0 saturated heterocycles. The number of aryl methyl sites for hydroxylation is 2. The van der Waals surface area contributed by atoms with Crippen LogP contribution in [0.2, 0.25) is 5.02 Å².